The van der Waals surface area contributed by atoms with E-state index >= 15 is 0 Å². The van der Waals surface area contributed by atoms with E-state index in [2.05, 4.69) is 0 Å². The van der Waals surface area contributed by atoms with Gasteiger partial charge in [-0.1, -0.05) is 33.6 Å². The topological polar surface area (TPSA) is 52.6 Å². The third-order valence-corrected chi connectivity index (χ3v) is 2.85. The van der Waals surface area contributed by atoms with Crippen LogP contribution in [0.2, 0.25) is 0 Å². The van der Waals surface area contributed by atoms with Crippen LogP contribution >= 0.6 is 0 Å². The van der Waals surface area contributed by atoms with Crippen molar-refractivity contribution in [3.05, 3.63) is 0 Å². The van der Waals surface area contributed by atoms with Gasteiger partial charge in [-0.05, 0) is 26.2 Å². The summed E-state index contributed by atoms with van der Waals surface area (Å²) in [4.78, 5) is 33.2. The predicted octanol–water partition coefficient (Wildman–Crippen LogP) is 3.58. The van der Waals surface area contributed by atoms with Gasteiger partial charge < -0.3 is 0 Å². The highest BCUT2D eigenvalue weighted by molar-refractivity contribution is 5.86. The number of rotatable bonds is 10. The highest BCUT2D eigenvalue weighted by Gasteiger charge is 2.35. The Morgan fingerprint density at radius 1 is 1.00 bits per heavy atom. The number of unbranched alkanes of at least 4 members (excludes halogenated alkanes) is 1. The summed E-state index contributed by atoms with van der Waals surface area (Å²) in [5.41, 5.74) is -0.991. The van der Waals surface area contributed by atoms with Crippen molar-refractivity contribution in [1.29, 1.82) is 0 Å². The molecule has 0 fully saturated rings. The van der Waals surface area contributed by atoms with E-state index < -0.39 is 11.6 Å². The summed E-state index contributed by atoms with van der Waals surface area (Å²) in [7, 11) is 0. The molecule has 0 saturated heterocycles. The van der Waals surface area contributed by atoms with E-state index in [9.17, 15) is 9.59 Å². The summed E-state index contributed by atoms with van der Waals surface area (Å²) in [6.07, 6.45) is 4.67. The van der Waals surface area contributed by atoms with Gasteiger partial charge in [0.25, 0.3) is 0 Å². The van der Waals surface area contributed by atoms with Crippen molar-refractivity contribution in [2.24, 2.45) is 0 Å². The molecule has 0 saturated carbocycles. The van der Waals surface area contributed by atoms with Gasteiger partial charge in [-0.2, -0.15) is 4.89 Å². The number of Topliss-reactive ketones (excluding diaryl/α,β-unsaturated/α-hetero) is 1. The van der Waals surface area contributed by atoms with E-state index in [1.165, 1.54) is 0 Å². The highest BCUT2D eigenvalue weighted by atomic mass is 17.2. The lowest BCUT2D eigenvalue weighted by atomic mass is 9.92. The van der Waals surface area contributed by atoms with Gasteiger partial charge >= 0.3 is 5.97 Å². The molecule has 0 aliphatic carbocycles. The largest absolute Gasteiger partial charge is 0.342 e. The van der Waals surface area contributed by atoms with E-state index in [4.69, 9.17) is 9.78 Å². The molecule has 1 unspecified atom stereocenters. The van der Waals surface area contributed by atoms with Gasteiger partial charge in [0, 0.05) is 12.8 Å². The zero-order valence-electron chi connectivity index (χ0n) is 12.1. The van der Waals surface area contributed by atoms with Crippen LogP contribution < -0.4 is 0 Å². The molecule has 1 atom stereocenters. The maximum atomic E-state index is 12.0. The third-order valence-electron chi connectivity index (χ3n) is 2.85. The summed E-state index contributed by atoms with van der Waals surface area (Å²) < 4.78 is 0. The molecule has 0 heterocycles. The van der Waals surface area contributed by atoms with Gasteiger partial charge in [-0.25, -0.2) is 4.79 Å². The second-order valence-electron chi connectivity index (χ2n) is 4.80. The first kappa shape index (κ1) is 17.1. The minimum atomic E-state index is -0.991. The fourth-order valence-electron chi connectivity index (χ4n) is 1.62. The molecule has 0 N–H and O–H groups in total. The molecular formula is C14H26O4. The molecule has 18 heavy (non-hydrogen) atoms. The quantitative estimate of drug-likeness (QED) is 0.444. The molecule has 0 bridgehead atoms. The standard InChI is InChI=1S/C14H26O4/c1-5-8-11-14(4,12(15)9-6-2)18-17-13(16)10-7-3/h5-11H2,1-4H3. The third kappa shape index (κ3) is 6.15. The number of carbonyl (C=O) groups is 2. The van der Waals surface area contributed by atoms with Crippen molar-refractivity contribution < 1.29 is 19.4 Å². The molecule has 0 radical (unpaired) electrons. The Labute approximate surface area is 110 Å². The Balaban J connectivity index is 4.45. The van der Waals surface area contributed by atoms with Gasteiger partial charge in [0.1, 0.15) is 0 Å². The minimum absolute atomic E-state index is 0.00254. The van der Waals surface area contributed by atoms with Crippen LogP contribution in [0, 0.1) is 0 Å². The smallest absolute Gasteiger partial charge is 0.297 e. The van der Waals surface area contributed by atoms with Gasteiger partial charge in [0.05, 0.1) is 0 Å². The zero-order valence-corrected chi connectivity index (χ0v) is 12.1. The van der Waals surface area contributed by atoms with Crippen LogP contribution in [0.15, 0.2) is 0 Å². The lowest BCUT2D eigenvalue weighted by Gasteiger charge is -2.25. The second-order valence-corrected chi connectivity index (χ2v) is 4.80. The fourth-order valence-corrected chi connectivity index (χ4v) is 1.62. The first-order valence-electron chi connectivity index (χ1n) is 6.92. The maximum absolute atomic E-state index is 12.0. The van der Waals surface area contributed by atoms with Crippen LogP contribution in [-0.4, -0.2) is 17.4 Å². The molecule has 0 rings (SSSR count). The van der Waals surface area contributed by atoms with Gasteiger partial charge in [-0.15, -0.1) is 0 Å². The van der Waals surface area contributed by atoms with Crippen LogP contribution in [0.4, 0.5) is 0 Å². The number of ketones is 1. The van der Waals surface area contributed by atoms with Gasteiger partial charge in [0.2, 0.25) is 0 Å². The summed E-state index contributed by atoms with van der Waals surface area (Å²) in [6, 6.07) is 0. The Kier molecular flexibility index (Phi) is 8.63. The molecule has 4 nitrogen and oxygen atoms in total. The highest BCUT2D eigenvalue weighted by Crippen LogP contribution is 2.23. The fraction of sp³-hybridized carbons (Fsp3) is 0.857. The molecule has 4 heteroatoms. The Morgan fingerprint density at radius 2 is 1.61 bits per heavy atom. The molecule has 0 aromatic rings. The molecule has 106 valence electrons. The van der Waals surface area contributed by atoms with Crippen molar-refractivity contribution in [3.63, 3.8) is 0 Å². The van der Waals surface area contributed by atoms with E-state index in [1.54, 1.807) is 6.92 Å². The lowest BCUT2D eigenvalue weighted by Crippen LogP contribution is -2.39. The number of hydrogen-bond acceptors (Lipinski definition) is 4. The Morgan fingerprint density at radius 3 is 2.11 bits per heavy atom. The average Bonchev–Trinajstić information content (AvgIpc) is 2.34. The molecule has 0 spiro atoms. The average molecular weight is 258 g/mol. The summed E-state index contributed by atoms with van der Waals surface area (Å²) in [6.45, 7) is 7.59. The zero-order chi connectivity index (χ0) is 14.0. The van der Waals surface area contributed by atoms with Crippen LogP contribution in [0.25, 0.3) is 0 Å². The van der Waals surface area contributed by atoms with Gasteiger partial charge in [0.15, 0.2) is 11.4 Å². The van der Waals surface area contributed by atoms with E-state index in [0.717, 1.165) is 19.3 Å². The predicted molar refractivity (Wildman–Crippen MR) is 69.9 cm³/mol. The minimum Gasteiger partial charge on any atom is -0.297 e. The molecule has 0 aliphatic heterocycles. The van der Waals surface area contributed by atoms with Crippen molar-refractivity contribution in [3.8, 4) is 0 Å². The summed E-state index contributed by atoms with van der Waals surface area (Å²) >= 11 is 0. The monoisotopic (exact) mass is 258 g/mol. The molecular weight excluding hydrogens is 232 g/mol. The Bertz CT molecular complexity index is 263. The lowest BCUT2D eigenvalue weighted by molar-refractivity contribution is -0.320. The Hall–Kier alpha value is -0.900. The van der Waals surface area contributed by atoms with Crippen LogP contribution in [0.3, 0.4) is 0 Å². The maximum Gasteiger partial charge on any atom is 0.342 e. The van der Waals surface area contributed by atoms with E-state index in [0.29, 0.717) is 25.7 Å². The molecule has 0 amide bonds. The summed E-state index contributed by atoms with van der Waals surface area (Å²) in [5, 5.41) is 0. The molecule has 0 aromatic heterocycles. The van der Waals surface area contributed by atoms with Crippen molar-refractivity contribution in [2.45, 2.75) is 78.2 Å². The normalized spacial score (nSPS) is 14.0. The van der Waals surface area contributed by atoms with Crippen LogP contribution in [0.5, 0.6) is 0 Å². The molecule has 0 aliphatic rings. The SMILES string of the molecule is CCCCC(C)(OOC(=O)CCC)C(=O)CCC. The summed E-state index contributed by atoms with van der Waals surface area (Å²) in [5.74, 6) is -0.410. The van der Waals surface area contributed by atoms with E-state index in [1.807, 2.05) is 20.8 Å². The van der Waals surface area contributed by atoms with Gasteiger partial charge in [-0.3, -0.25) is 9.68 Å². The number of hydrogen-bond donors (Lipinski definition) is 0. The second kappa shape index (κ2) is 9.09. The molecule has 0 aromatic carbocycles. The first-order chi connectivity index (χ1) is 8.50. The van der Waals surface area contributed by atoms with Crippen molar-refractivity contribution >= 4 is 11.8 Å². The first-order valence-corrected chi connectivity index (χ1v) is 6.92. The van der Waals surface area contributed by atoms with Crippen LogP contribution in [0.1, 0.15) is 72.6 Å². The van der Waals surface area contributed by atoms with Crippen LogP contribution in [-0.2, 0) is 19.4 Å². The number of carbonyl (C=O) groups excluding carboxylic acids is 2. The van der Waals surface area contributed by atoms with Crippen molar-refractivity contribution in [1.82, 2.24) is 0 Å². The van der Waals surface area contributed by atoms with Crippen molar-refractivity contribution in [2.75, 3.05) is 0 Å². The van der Waals surface area contributed by atoms with E-state index in [-0.39, 0.29) is 5.78 Å².